The summed E-state index contributed by atoms with van der Waals surface area (Å²) in [5.74, 6) is 0.331. The SMILES string of the molecule is CC(=O)Oc1ccc2c(c1)CC(C#N)C2. The van der Waals surface area contributed by atoms with Gasteiger partial charge in [0.25, 0.3) is 0 Å². The molecule has 15 heavy (non-hydrogen) atoms. The number of benzene rings is 1. The third kappa shape index (κ3) is 1.99. The van der Waals surface area contributed by atoms with Crippen molar-refractivity contribution in [3.05, 3.63) is 29.3 Å². The summed E-state index contributed by atoms with van der Waals surface area (Å²) in [4.78, 5) is 10.8. The van der Waals surface area contributed by atoms with Crippen molar-refractivity contribution in [2.75, 3.05) is 0 Å². The number of hydrogen-bond acceptors (Lipinski definition) is 3. The molecule has 0 spiro atoms. The number of ether oxygens (including phenoxy) is 1. The van der Waals surface area contributed by atoms with Crippen LogP contribution in [0.25, 0.3) is 0 Å². The van der Waals surface area contributed by atoms with Crippen LogP contribution < -0.4 is 4.74 Å². The highest BCUT2D eigenvalue weighted by atomic mass is 16.5. The Morgan fingerprint density at radius 2 is 2.20 bits per heavy atom. The van der Waals surface area contributed by atoms with E-state index in [0.717, 1.165) is 18.4 Å². The smallest absolute Gasteiger partial charge is 0.308 e. The van der Waals surface area contributed by atoms with E-state index in [1.807, 2.05) is 12.1 Å². The molecule has 1 aliphatic carbocycles. The molecule has 0 aliphatic heterocycles. The Bertz CT molecular complexity index is 445. The molecule has 1 unspecified atom stereocenters. The predicted octanol–water partition coefficient (Wildman–Crippen LogP) is 1.85. The zero-order chi connectivity index (χ0) is 10.8. The number of esters is 1. The molecular weight excluding hydrogens is 190 g/mol. The summed E-state index contributed by atoms with van der Waals surface area (Å²) in [6.07, 6.45) is 1.58. The first-order valence-electron chi connectivity index (χ1n) is 4.89. The number of carbonyl (C=O) groups is 1. The minimum absolute atomic E-state index is 0.0765. The molecule has 3 heteroatoms. The van der Waals surface area contributed by atoms with Gasteiger partial charge in [-0.2, -0.15) is 5.26 Å². The number of hydrogen-bond donors (Lipinski definition) is 0. The first-order valence-corrected chi connectivity index (χ1v) is 4.89. The molecule has 0 amide bonds. The molecule has 1 aromatic carbocycles. The maximum atomic E-state index is 10.8. The lowest BCUT2D eigenvalue weighted by Crippen LogP contribution is -2.01. The molecule has 0 saturated carbocycles. The molecule has 0 bridgehead atoms. The second-order valence-electron chi connectivity index (χ2n) is 3.76. The van der Waals surface area contributed by atoms with Crippen LogP contribution in [0, 0.1) is 17.2 Å². The van der Waals surface area contributed by atoms with Crippen LogP contribution in [0.5, 0.6) is 5.75 Å². The van der Waals surface area contributed by atoms with E-state index in [1.165, 1.54) is 12.5 Å². The molecule has 1 atom stereocenters. The second-order valence-corrected chi connectivity index (χ2v) is 3.76. The lowest BCUT2D eigenvalue weighted by atomic mass is 10.1. The zero-order valence-electron chi connectivity index (χ0n) is 8.49. The highest BCUT2D eigenvalue weighted by Gasteiger charge is 2.21. The normalized spacial score (nSPS) is 18.0. The molecule has 0 fully saturated rings. The highest BCUT2D eigenvalue weighted by molar-refractivity contribution is 5.69. The Kier molecular flexibility index (Phi) is 2.42. The molecule has 0 radical (unpaired) electrons. The Morgan fingerprint density at radius 3 is 2.87 bits per heavy atom. The lowest BCUT2D eigenvalue weighted by Gasteiger charge is -2.03. The van der Waals surface area contributed by atoms with E-state index < -0.39 is 0 Å². The summed E-state index contributed by atoms with van der Waals surface area (Å²) in [5.41, 5.74) is 2.32. The lowest BCUT2D eigenvalue weighted by molar-refractivity contribution is -0.131. The van der Waals surface area contributed by atoms with E-state index in [1.54, 1.807) is 6.07 Å². The molecule has 1 aliphatic rings. The van der Waals surface area contributed by atoms with Crippen molar-refractivity contribution in [2.24, 2.45) is 5.92 Å². The van der Waals surface area contributed by atoms with E-state index in [2.05, 4.69) is 6.07 Å². The number of rotatable bonds is 1. The van der Waals surface area contributed by atoms with E-state index >= 15 is 0 Å². The summed E-state index contributed by atoms with van der Waals surface area (Å²) in [7, 11) is 0. The quantitative estimate of drug-likeness (QED) is 0.514. The summed E-state index contributed by atoms with van der Waals surface area (Å²) in [5, 5.41) is 8.82. The fourth-order valence-electron chi connectivity index (χ4n) is 1.92. The van der Waals surface area contributed by atoms with Gasteiger partial charge in [0.15, 0.2) is 0 Å². The zero-order valence-corrected chi connectivity index (χ0v) is 8.49. The number of nitrogens with zero attached hydrogens (tertiary/aromatic N) is 1. The van der Waals surface area contributed by atoms with Gasteiger partial charge in [0.05, 0.1) is 12.0 Å². The fraction of sp³-hybridized carbons (Fsp3) is 0.333. The monoisotopic (exact) mass is 201 g/mol. The van der Waals surface area contributed by atoms with Gasteiger partial charge in [-0.25, -0.2) is 0 Å². The number of nitriles is 1. The Morgan fingerprint density at radius 1 is 1.47 bits per heavy atom. The van der Waals surface area contributed by atoms with Crippen molar-refractivity contribution in [3.8, 4) is 11.8 Å². The van der Waals surface area contributed by atoms with Crippen LogP contribution in [-0.4, -0.2) is 5.97 Å². The molecule has 0 heterocycles. The fourth-order valence-corrected chi connectivity index (χ4v) is 1.92. The second kappa shape index (κ2) is 3.74. The largest absolute Gasteiger partial charge is 0.427 e. The average Bonchev–Trinajstić information content (AvgIpc) is 2.58. The van der Waals surface area contributed by atoms with E-state index in [9.17, 15) is 4.79 Å². The van der Waals surface area contributed by atoms with Crippen LogP contribution in [0.15, 0.2) is 18.2 Å². The van der Waals surface area contributed by atoms with Crippen molar-refractivity contribution in [1.82, 2.24) is 0 Å². The van der Waals surface area contributed by atoms with Crippen molar-refractivity contribution in [2.45, 2.75) is 19.8 Å². The minimum Gasteiger partial charge on any atom is -0.427 e. The topological polar surface area (TPSA) is 50.1 Å². The molecule has 2 rings (SSSR count). The average molecular weight is 201 g/mol. The minimum atomic E-state index is -0.315. The van der Waals surface area contributed by atoms with Crippen LogP contribution in [-0.2, 0) is 17.6 Å². The van der Waals surface area contributed by atoms with E-state index in [-0.39, 0.29) is 11.9 Å². The predicted molar refractivity (Wildman–Crippen MR) is 54.3 cm³/mol. The van der Waals surface area contributed by atoms with Crippen LogP contribution in [0.1, 0.15) is 18.1 Å². The van der Waals surface area contributed by atoms with Gasteiger partial charge in [-0.1, -0.05) is 6.07 Å². The van der Waals surface area contributed by atoms with Crippen molar-refractivity contribution < 1.29 is 9.53 Å². The van der Waals surface area contributed by atoms with Gasteiger partial charge in [0.1, 0.15) is 5.75 Å². The van der Waals surface area contributed by atoms with Crippen molar-refractivity contribution in [3.63, 3.8) is 0 Å². The molecule has 1 aromatic rings. The van der Waals surface area contributed by atoms with Gasteiger partial charge >= 0.3 is 5.97 Å². The molecule has 0 aromatic heterocycles. The molecular formula is C12H11NO2. The molecule has 76 valence electrons. The van der Waals surface area contributed by atoms with Gasteiger partial charge in [0.2, 0.25) is 0 Å². The summed E-state index contributed by atoms with van der Waals surface area (Å²) >= 11 is 0. The van der Waals surface area contributed by atoms with Crippen LogP contribution in [0.3, 0.4) is 0 Å². The standard InChI is InChI=1S/C12H11NO2/c1-8(14)15-12-3-2-10-4-9(7-13)5-11(10)6-12/h2-3,6,9H,4-5H2,1H3. The van der Waals surface area contributed by atoms with Crippen molar-refractivity contribution >= 4 is 5.97 Å². The maximum Gasteiger partial charge on any atom is 0.308 e. The molecule has 0 N–H and O–H groups in total. The summed E-state index contributed by atoms with van der Waals surface area (Å²) in [6.45, 7) is 1.38. The van der Waals surface area contributed by atoms with Gasteiger partial charge in [0, 0.05) is 6.92 Å². The first kappa shape index (κ1) is 9.72. The van der Waals surface area contributed by atoms with Gasteiger partial charge in [-0.15, -0.1) is 0 Å². The van der Waals surface area contributed by atoms with Crippen LogP contribution in [0.2, 0.25) is 0 Å². The van der Waals surface area contributed by atoms with Crippen molar-refractivity contribution in [1.29, 1.82) is 5.26 Å². The van der Waals surface area contributed by atoms with Gasteiger partial charge in [-0.3, -0.25) is 4.79 Å². The third-order valence-corrected chi connectivity index (χ3v) is 2.55. The van der Waals surface area contributed by atoms with Gasteiger partial charge in [-0.05, 0) is 36.1 Å². The Labute approximate surface area is 88.3 Å². The van der Waals surface area contributed by atoms with E-state index in [4.69, 9.17) is 10.00 Å². The number of fused-ring (bicyclic) bond motifs is 1. The van der Waals surface area contributed by atoms with E-state index in [0.29, 0.717) is 5.75 Å². The third-order valence-electron chi connectivity index (χ3n) is 2.55. The van der Waals surface area contributed by atoms with Gasteiger partial charge < -0.3 is 4.74 Å². The Balaban J connectivity index is 2.23. The highest BCUT2D eigenvalue weighted by Crippen LogP contribution is 2.29. The molecule has 0 saturated heterocycles. The summed E-state index contributed by atoms with van der Waals surface area (Å²) in [6, 6.07) is 7.83. The maximum absolute atomic E-state index is 10.8. The Hall–Kier alpha value is -1.82. The summed E-state index contributed by atoms with van der Waals surface area (Å²) < 4.78 is 4.99. The number of carbonyl (C=O) groups excluding carboxylic acids is 1. The van der Waals surface area contributed by atoms with Crippen LogP contribution in [0.4, 0.5) is 0 Å². The van der Waals surface area contributed by atoms with Crippen LogP contribution >= 0.6 is 0 Å². The first-order chi connectivity index (χ1) is 7.19. The molecule has 3 nitrogen and oxygen atoms in total.